The number of aliphatic hydroxyl groups is 1. The Hall–Kier alpha value is -2.71. The van der Waals surface area contributed by atoms with E-state index in [0.717, 1.165) is 0 Å². The molecule has 34 heavy (non-hydrogen) atoms. The number of carboxylic acids is 1. The van der Waals surface area contributed by atoms with Gasteiger partial charge in [-0.05, 0) is 46.1 Å². The summed E-state index contributed by atoms with van der Waals surface area (Å²) in [6, 6.07) is 7.15. The fourth-order valence-corrected chi connectivity index (χ4v) is 6.36. The number of carboxylic acid groups (broad SMARTS) is 1. The Balaban J connectivity index is 1.90. The quantitative estimate of drug-likeness (QED) is 0.593. The van der Waals surface area contributed by atoms with Crippen molar-refractivity contribution in [3.63, 3.8) is 0 Å². The number of likely N-dealkylation sites (tertiary alicyclic amines) is 1. The molecule has 3 aliphatic heterocycles. The summed E-state index contributed by atoms with van der Waals surface area (Å²) in [6.07, 6.45) is 2.47. The van der Waals surface area contributed by atoms with Crippen LogP contribution >= 0.6 is 0 Å². The van der Waals surface area contributed by atoms with Crippen LogP contribution in [0, 0.1) is 11.8 Å². The molecule has 0 aliphatic carbocycles. The molecule has 1 aromatic carbocycles. The molecule has 6 atom stereocenters. The normalized spacial score (nSPS) is 33.0. The molecule has 3 saturated heterocycles. The van der Waals surface area contributed by atoms with E-state index in [1.807, 2.05) is 26.8 Å². The number of hydrogen-bond acceptors (Lipinski definition) is 5. The van der Waals surface area contributed by atoms with E-state index in [4.69, 9.17) is 4.74 Å². The van der Waals surface area contributed by atoms with E-state index >= 15 is 0 Å². The van der Waals surface area contributed by atoms with E-state index in [0.29, 0.717) is 18.4 Å². The van der Waals surface area contributed by atoms with Crippen LogP contribution in [0.3, 0.4) is 0 Å². The molecule has 2 amide bonds. The summed E-state index contributed by atoms with van der Waals surface area (Å²) in [6.45, 7) is 11.1. The Morgan fingerprint density at radius 2 is 1.94 bits per heavy atom. The van der Waals surface area contributed by atoms with Gasteiger partial charge in [-0.25, -0.2) is 0 Å². The molecule has 1 aromatic rings. The van der Waals surface area contributed by atoms with Crippen molar-refractivity contribution in [3.8, 4) is 0 Å². The van der Waals surface area contributed by atoms with E-state index in [2.05, 4.69) is 6.58 Å². The van der Waals surface area contributed by atoms with E-state index in [1.54, 1.807) is 42.2 Å². The van der Waals surface area contributed by atoms with Gasteiger partial charge in [0, 0.05) is 12.1 Å². The van der Waals surface area contributed by atoms with Crippen LogP contribution in [0.1, 0.15) is 52.1 Å². The van der Waals surface area contributed by atoms with E-state index in [1.165, 1.54) is 4.90 Å². The highest BCUT2D eigenvalue weighted by molar-refractivity contribution is 5.98. The Labute approximate surface area is 200 Å². The second kappa shape index (κ2) is 8.20. The van der Waals surface area contributed by atoms with Crippen molar-refractivity contribution in [1.82, 2.24) is 9.80 Å². The van der Waals surface area contributed by atoms with Gasteiger partial charge in [-0.2, -0.15) is 0 Å². The van der Waals surface area contributed by atoms with Crippen molar-refractivity contribution in [1.29, 1.82) is 0 Å². The number of carbonyl (C=O) groups is 3. The van der Waals surface area contributed by atoms with Crippen molar-refractivity contribution in [2.75, 3.05) is 13.2 Å². The number of rotatable bonds is 7. The summed E-state index contributed by atoms with van der Waals surface area (Å²) < 4.78 is 6.45. The molecule has 0 aromatic heterocycles. The van der Waals surface area contributed by atoms with E-state index in [-0.39, 0.29) is 12.5 Å². The summed E-state index contributed by atoms with van der Waals surface area (Å²) in [5.41, 5.74) is -2.20. The lowest BCUT2D eigenvalue weighted by molar-refractivity contribution is -0.160. The molecule has 8 heteroatoms. The molecular weight excluding hydrogens is 436 g/mol. The molecule has 2 unspecified atom stereocenters. The van der Waals surface area contributed by atoms with Crippen LogP contribution in [0.15, 0.2) is 43.0 Å². The van der Waals surface area contributed by atoms with Gasteiger partial charge in [0.05, 0.1) is 30.1 Å². The van der Waals surface area contributed by atoms with Crippen LogP contribution in [-0.2, 0) is 19.1 Å². The summed E-state index contributed by atoms with van der Waals surface area (Å²) in [5, 5.41) is 20.5. The van der Waals surface area contributed by atoms with Crippen LogP contribution in [0.25, 0.3) is 0 Å². The number of hydrogen-bond donors (Lipinski definition) is 2. The topological polar surface area (TPSA) is 107 Å². The predicted octanol–water partition coefficient (Wildman–Crippen LogP) is 2.38. The molecule has 2 N–H and O–H groups in total. The molecule has 3 fully saturated rings. The average Bonchev–Trinajstić information content (AvgIpc) is 3.33. The third kappa shape index (κ3) is 3.38. The first kappa shape index (κ1) is 24.4. The molecule has 4 rings (SSSR count). The Morgan fingerprint density at radius 3 is 2.47 bits per heavy atom. The highest BCUT2D eigenvalue weighted by Crippen LogP contribution is 2.64. The number of aliphatic carboxylic acids is 1. The average molecular weight is 471 g/mol. The van der Waals surface area contributed by atoms with Crippen molar-refractivity contribution in [3.05, 3.63) is 48.6 Å². The van der Waals surface area contributed by atoms with Crippen molar-refractivity contribution in [2.45, 2.75) is 69.4 Å². The third-order valence-corrected chi connectivity index (χ3v) is 7.80. The number of fused-ring (bicyclic) bond motifs is 1. The minimum atomic E-state index is -1.27. The molecule has 1 spiro atoms. The van der Waals surface area contributed by atoms with Crippen LogP contribution < -0.4 is 0 Å². The van der Waals surface area contributed by atoms with Gasteiger partial charge in [-0.3, -0.25) is 14.4 Å². The molecule has 0 radical (unpaired) electrons. The first-order chi connectivity index (χ1) is 15.9. The summed E-state index contributed by atoms with van der Waals surface area (Å²) in [7, 11) is 0. The Kier molecular flexibility index (Phi) is 5.89. The second-order valence-electron chi connectivity index (χ2n) is 10.8. The van der Waals surface area contributed by atoms with Crippen LogP contribution in [0.4, 0.5) is 0 Å². The first-order valence-corrected chi connectivity index (χ1v) is 11.8. The highest BCUT2D eigenvalue weighted by Gasteiger charge is 2.79. The minimum absolute atomic E-state index is 0.260. The highest BCUT2D eigenvalue weighted by atomic mass is 16.5. The largest absolute Gasteiger partial charge is 0.481 e. The Morgan fingerprint density at radius 1 is 1.29 bits per heavy atom. The fourth-order valence-electron chi connectivity index (χ4n) is 6.36. The molecule has 0 saturated carbocycles. The van der Waals surface area contributed by atoms with Gasteiger partial charge in [0.25, 0.3) is 0 Å². The maximum absolute atomic E-state index is 14.3. The summed E-state index contributed by atoms with van der Waals surface area (Å²) in [5.74, 6) is -3.94. The standard InChI is InChI=1S/C26H34N2O6/c1-6-14-27(24(2,3)4)22(31)20-26-13-12-25(5,34-26)19(23(32)33)18(26)21(30)28(20)17(15-29)16-10-8-7-9-11-16/h6-11,17-20,29H,1,12-15H2,2-5H3,(H,32,33)/t17-,18+,19+,20?,25-,26?/m1/s1. The zero-order valence-electron chi connectivity index (χ0n) is 20.2. The van der Waals surface area contributed by atoms with E-state index in [9.17, 15) is 24.6 Å². The number of nitrogens with zero attached hydrogens (tertiary/aromatic N) is 2. The van der Waals surface area contributed by atoms with Crippen LogP contribution in [0.2, 0.25) is 0 Å². The monoisotopic (exact) mass is 470 g/mol. The van der Waals surface area contributed by atoms with Gasteiger partial charge in [-0.15, -0.1) is 6.58 Å². The SMILES string of the molecule is C=CCN(C(=O)C1N([C@H](CO)c2ccccc2)C(=O)[C@@H]2[C@@H](C(=O)O)[C@@]3(C)CCC12O3)C(C)(C)C. The summed E-state index contributed by atoms with van der Waals surface area (Å²) >= 11 is 0. The van der Waals surface area contributed by atoms with Gasteiger partial charge >= 0.3 is 5.97 Å². The molecule has 2 bridgehead atoms. The molecule has 3 heterocycles. The van der Waals surface area contributed by atoms with Crippen molar-refractivity contribution in [2.24, 2.45) is 11.8 Å². The molecule has 3 aliphatic rings. The minimum Gasteiger partial charge on any atom is -0.481 e. The van der Waals surface area contributed by atoms with Gasteiger partial charge in [0.15, 0.2) is 0 Å². The summed E-state index contributed by atoms with van der Waals surface area (Å²) in [4.78, 5) is 43.7. The third-order valence-electron chi connectivity index (χ3n) is 7.80. The number of amides is 2. The molecule has 184 valence electrons. The number of benzene rings is 1. The maximum Gasteiger partial charge on any atom is 0.310 e. The molecule has 8 nitrogen and oxygen atoms in total. The lowest BCUT2D eigenvalue weighted by atomic mass is 9.66. The fraction of sp³-hybridized carbons (Fsp3) is 0.577. The van der Waals surface area contributed by atoms with Gasteiger partial charge < -0.3 is 24.7 Å². The lowest BCUT2D eigenvalue weighted by Crippen LogP contribution is -2.60. The second-order valence-corrected chi connectivity index (χ2v) is 10.8. The maximum atomic E-state index is 14.3. The zero-order valence-corrected chi connectivity index (χ0v) is 20.2. The van der Waals surface area contributed by atoms with E-state index < -0.39 is 59.1 Å². The zero-order chi connectivity index (χ0) is 25.1. The smallest absolute Gasteiger partial charge is 0.310 e. The van der Waals surface area contributed by atoms with Crippen LogP contribution in [-0.4, -0.2) is 73.7 Å². The van der Waals surface area contributed by atoms with Crippen molar-refractivity contribution >= 4 is 17.8 Å². The molecular formula is C26H34N2O6. The van der Waals surface area contributed by atoms with Gasteiger partial charge in [-0.1, -0.05) is 36.4 Å². The van der Waals surface area contributed by atoms with Gasteiger partial charge in [0.1, 0.15) is 11.6 Å². The lowest BCUT2D eigenvalue weighted by Gasteiger charge is -2.43. The van der Waals surface area contributed by atoms with Crippen LogP contribution in [0.5, 0.6) is 0 Å². The number of carbonyl (C=O) groups excluding carboxylic acids is 2. The predicted molar refractivity (Wildman–Crippen MR) is 125 cm³/mol. The number of ether oxygens (including phenoxy) is 1. The van der Waals surface area contributed by atoms with Crippen molar-refractivity contribution < 1.29 is 29.3 Å². The van der Waals surface area contributed by atoms with Gasteiger partial charge in [0.2, 0.25) is 11.8 Å². The Bertz CT molecular complexity index is 1000. The number of aliphatic hydroxyl groups excluding tert-OH is 1. The first-order valence-electron chi connectivity index (χ1n) is 11.8.